The molecule has 3 N–H and O–H groups in total. The summed E-state index contributed by atoms with van der Waals surface area (Å²) in [6.45, 7) is 0.966. The summed E-state index contributed by atoms with van der Waals surface area (Å²) >= 11 is 0. The maximum Gasteiger partial charge on any atom is 0.274 e. The van der Waals surface area contributed by atoms with E-state index in [1.165, 1.54) is 19.2 Å². The second-order valence-electron chi connectivity index (χ2n) is 9.97. The number of hydrogen-bond acceptors (Lipinski definition) is 7. The summed E-state index contributed by atoms with van der Waals surface area (Å²) in [5, 5.41) is 6.99. The highest BCUT2D eigenvalue weighted by Gasteiger charge is 2.65. The van der Waals surface area contributed by atoms with Gasteiger partial charge in [0.15, 0.2) is 11.5 Å². The van der Waals surface area contributed by atoms with Crippen LogP contribution in [0, 0.1) is 17.7 Å². The van der Waals surface area contributed by atoms with Crippen molar-refractivity contribution in [2.75, 3.05) is 20.3 Å². The van der Waals surface area contributed by atoms with Crippen LogP contribution >= 0.6 is 0 Å². The van der Waals surface area contributed by atoms with E-state index in [1.807, 2.05) is 17.0 Å². The predicted octanol–water partition coefficient (Wildman–Crippen LogP) is 2.68. The first-order valence-electron chi connectivity index (χ1n) is 12.4. The van der Waals surface area contributed by atoms with Crippen LogP contribution in [0.25, 0.3) is 11.3 Å². The average molecular weight is 507 g/mol. The van der Waals surface area contributed by atoms with E-state index in [0.29, 0.717) is 31.7 Å². The van der Waals surface area contributed by atoms with Crippen LogP contribution in [0.3, 0.4) is 0 Å². The van der Waals surface area contributed by atoms with Gasteiger partial charge in [-0.15, -0.1) is 0 Å². The van der Waals surface area contributed by atoms with Gasteiger partial charge >= 0.3 is 0 Å². The molecule has 0 bridgehead atoms. The van der Waals surface area contributed by atoms with Gasteiger partial charge in [-0.1, -0.05) is 0 Å². The molecule has 0 radical (unpaired) electrons. The van der Waals surface area contributed by atoms with Crippen molar-refractivity contribution in [3.05, 3.63) is 53.9 Å². The lowest BCUT2D eigenvalue weighted by molar-refractivity contribution is -0.124. The molecule has 3 aromatic heterocycles. The number of carbonyl (C=O) groups is 2. The van der Waals surface area contributed by atoms with Gasteiger partial charge in [-0.05, 0) is 49.8 Å². The number of nitrogens with one attached hydrogen (secondary N) is 1. The summed E-state index contributed by atoms with van der Waals surface area (Å²) in [7, 11) is 1.44. The number of halogens is 1. The fourth-order valence-electron chi connectivity index (χ4n) is 6.15. The minimum Gasteiger partial charge on any atom is -0.492 e. The lowest BCUT2D eigenvalue weighted by Crippen LogP contribution is -2.52. The fourth-order valence-corrected chi connectivity index (χ4v) is 6.15. The molecule has 2 aliphatic heterocycles. The van der Waals surface area contributed by atoms with E-state index in [4.69, 9.17) is 15.2 Å². The van der Waals surface area contributed by atoms with Gasteiger partial charge in [-0.25, -0.2) is 9.37 Å². The molecule has 192 valence electrons. The molecule has 2 amide bonds. The number of likely N-dealkylation sites (tertiary alicyclic amines) is 1. The van der Waals surface area contributed by atoms with Gasteiger partial charge in [0.25, 0.3) is 5.91 Å². The number of H-pyrrole nitrogens is 1. The number of primary amides is 1. The van der Waals surface area contributed by atoms with Crippen LogP contribution in [0.1, 0.15) is 47.8 Å². The molecule has 0 aromatic carbocycles. The summed E-state index contributed by atoms with van der Waals surface area (Å²) in [5.74, 6) is -0.212. The lowest BCUT2D eigenvalue weighted by atomic mass is 9.82. The molecular weight excluding hydrogens is 479 g/mol. The minimum absolute atomic E-state index is 0.111. The first-order chi connectivity index (χ1) is 17.9. The summed E-state index contributed by atoms with van der Waals surface area (Å²) in [5.41, 5.74) is 6.82. The van der Waals surface area contributed by atoms with E-state index in [0.717, 1.165) is 30.5 Å². The maximum absolute atomic E-state index is 14.5. The van der Waals surface area contributed by atoms with Gasteiger partial charge in [0.2, 0.25) is 11.8 Å². The Balaban J connectivity index is 1.31. The number of nitrogens with two attached hydrogens (primary N) is 1. The molecule has 1 spiro atoms. The van der Waals surface area contributed by atoms with E-state index in [9.17, 15) is 14.0 Å². The van der Waals surface area contributed by atoms with Crippen LogP contribution in [0.15, 0.2) is 36.7 Å². The second-order valence-corrected chi connectivity index (χ2v) is 9.97. The van der Waals surface area contributed by atoms with Crippen LogP contribution in [0.5, 0.6) is 11.6 Å². The first kappa shape index (κ1) is 23.4. The van der Waals surface area contributed by atoms with Gasteiger partial charge < -0.3 is 20.1 Å². The molecule has 3 aliphatic rings. The third-order valence-corrected chi connectivity index (χ3v) is 8.04. The van der Waals surface area contributed by atoms with Crippen LogP contribution in [0.4, 0.5) is 4.39 Å². The predicted molar refractivity (Wildman–Crippen MR) is 129 cm³/mol. The van der Waals surface area contributed by atoms with Gasteiger partial charge in [0, 0.05) is 41.7 Å². The minimum atomic E-state index is -0.560. The Bertz CT molecular complexity index is 1380. The average Bonchev–Trinajstić information content (AvgIpc) is 3.38. The molecule has 1 aliphatic carbocycles. The quantitative estimate of drug-likeness (QED) is 0.543. The summed E-state index contributed by atoms with van der Waals surface area (Å²) in [6.07, 6.45) is 5.35. The van der Waals surface area contributed by atoms with Crippen molar-refractivity contribution in [3.8, 4) is 22.9 Å². The van der Waals surface area contributed by atoms with Crippen LogP contribution in [0.2, 0.25) is 0 Å². The third kappa shape index (κ3) is 3.89. The second kappa shape index (κ2) is 8.82. The molecule has 3 aromatic rings. The number of hydrogen-bond donors (Lipinski definition) is 2. The number of carbonyl (C=O) groups excluding carboxylic acids is 2. The van der Waals surface area contributed by atoms with Crippen LogP contribution < -0.4 is 15.2 Å². The molecular formula is C26H27FN6O4. The Morgan fingerprint density at radius 3 is 2.95 bits per heavy atom. The zero-order chi connectivity index (χ0) is 25.7. The van der Waals surface area contributed by atoms with E-state index in [2.05, 4.69) is 20.2 Å². The normalized spacial score (nSPS) is 26.3. The number of rotatable bonds is 5. The third-order valence-electron chi connectivity index (χ3n) is 8.04. The highest BCUT2D eigenvalue weighted by Crippen LogP contribution is 2.62. The van der Waals surface area contributed by atoms with Gasteiger partial charge in [0.1, 0.15) is 5.75 Å². The lowest BCUT2D eigenvalue weighted by Gasteiger charge is -2.41. The zero-order valence-corrected chi connectivity index (χ0v) is 20.3. The molecule has 4 atom stereocenters. The molecule has 1 saturated carbocycles. The van der Waals surface area contributed by atoms with E-state index in [-0.39, 0.29) is 46.7 Å². The summed E-state index contributed by atoms with van der Waals surface area (Å²) in [6, 6.07) is 6.75. The molecule has 10 nitrogen and oxygen atoms in total. The Labute approximate surface area is 212 Å². The first-order valence-corrected chi connectivity index (χ1v) is 12.4. The number of ether oxygens (including phenoxy) is 2. The molecule has 3 unspecified atom stereocenters. The number of methoxy groups -OCH3 is 1. The topological polar surface area (TPSA) is 136 Å². The monoisotopic (exact) mass is 506 g/mol. The van der Waals surface area contributed by atoms with Crippen molar-refractivity contribution in [1.82, 2.24) is 25.1 Å². The summed E-state index contributed by atoms with van der Waals surface area (Å²) in [4.78, 5) is 36.3. The van der Waals surface area contributed by atoms with E-state index < -0.39 is 11.4 Å². The highest BCUT2D eigenvalue weighted by atomic mass is 19.1. The molecule has 5 heterocycles. The van der Waals surface area contributed by atoms with Crippen LogP contribution in [-0.4, -0.2) is 62.7 Å². The summed E-state index contributed by atoms with van der Waals surface area (Å²) < 4.78 is 25.4. The SMILES string of the molecule is COc1cc(-c2cc(C(=O)N3CCC(C(N)=O)CC34CC4[C@@H]3CCOc4cccnc43)n[nH]2)c(F)cn1. The van der Waals surface area contributed by atoms with Gasteiger partial charge in [-0.3, -0.25) is 19.7 Å². The zero-order valence-electron chi connectivity index (χ0n) is 20.3. The standard InChI is InChI=1S/C26H27FN6O4/c1-36-22-9-16(18(27)13-30-22)19-10-20(32-31-19)25(35)33-7-4-14(24(28)34)11-26(33)12-17(26)15-5-8-37-21-3-2-6-29-23(15)21/h2-3,6,9-10,13-15,17H,4-5,7-8,11-12H2,1H3,(H2,28,34)(H,31,32)/t14?,15-,17?,26?/m0/s1. The Morgan fingerprint density at radius 2 is 2.14 bits per heavy atom. The number of fused-ring (bicyclic) bond motifs is 1. The van der Waals surface area contributed by atoms with Crippen molar-refractivity contribution in [1.29, 1.82) is 0 Å². The number of piperidine rings is 1. The van der Waals surface area contributed by atoms with Crippen molar-refractivity contribution in [2.45, 2.75) is 37.1 Å². The highest BCUT2D eigenvalue weighted by molar-refractivity contribution is 5.94. The number of amides is 2. The molecule has 37 heavy (non-hydrogen) atoms. The molecule has 11 heteroatoms. The van der Waals surface area contributed by atoms with Gasteiger partial charge in [-0.2, -0.15) is 5.10 Å². The Kier molecular flexibility index (Phi) is 5.58. The van der Waals surface area contributed by atoms with Gasteiger partial charge in [0.05, 0.1) is 31.3 Å². The number of pyridine rings is 2. The number of aromatic nitrogens is 4. The number of aromatic amines is 1. The van der Waals surface area contributed by atoms with Crippen molar-refractivity contribution < 1.29 is 23.5 Å². The van der Waals surface area contributed by atoms with E-state index >= 15 is 0 Å². The van der Waals surface area contributed by atoms with Crippen molar-refractivity contribution in [2.24, 2.45) is 17.6 Å². The van der Waals surface area contributed by atoms with Crippen molar-refractivity contribution in [3.63, 3.8) is 0 Å². The maximum atomic E-state index is 14.5. The fraction of sp³-hybridized carbons (Fsp3) is 0.423. The Hall–Kier alpha value is -4.02. The number of nitrogens with zero attached hydrogens (tertiary/aromatic N) is 4. The van der Waals surface area contributed by atoms with Crippen molar-refractivity contribution >= 4 is 11.8 Å². The molecule has 1 saturated heterocycles. The van der Waals surface area contributed by atoms with Crippen LogP contribution in [-0.2, 0) is 4.79 Å². The molecule has 2 fully saturated rings. The Morgan fingerprint density at radius 1 is 1.27 bits per heavy atom. The van der Waals surface area contributed by atoms with E-state index in [1.54, 1.807) is 6.20 Å². The largest absolute Gasteiger partial charge is 0.492 e. The molecule has 6 rings (SSSR count). The smallest absolute Gasteiger partial charge is 0.274 e.